The molecule has 0 aliphatic heterocycles. The predicted molar refractivity (Wildman–Crippen MR) is 85.7 cm³/mol. The number of benzene rings is 2. The highest BCUT2D eigenvalue weighted by Gasteiger charge is 2.25. The van der Waals surface area contributed by atoms with Gasteiger partial charge in [0, 0.05) is 11.8 Å². The molecule has 0 N–H and O–H groups in total. The van der Waals surface area contributed by atoms with Crippen LogP contribution in [0.2, 0.25) is 0 Å². The standard InChI is InChI=1S/C20H16/c1-3-11-17-15(7-1)9-5-13-19(17)20-14-6-10-16-8-2-4-12-18(16)20/h1-14,17,19H. The van der Waals surface area contributed by atoms with Gasteiger partial charge in [-0.1, -0.05) is 85.0 Å². The van der Waals surface area contributed by atoms with Crippen LogP contribution in [0.5, 0.6) is 0 Å². The molecule has 2 aromatic carbocycles. The van der Waals surface area contributed by atoms with Crippen molar-refractivity contribution in [2.24, 2.45) is 5.92 Å². The number of rotatable bonds is 1. The van der Waals surface area contributed by atoms with Crippen molar-refractivity contribution in [3.63, 3.8) is 0 Å². The van der Waals surface area contributed by atoms with Gasteiger partial charge in [0.05, 0.1) is 0 Å². The topological polar surface area (TPSA) is 0 Å². The van der Waals surface area contributed by atoms with Crippen molar-refractivity contribution >= 4 is 10.8 Å². The monoisotopic (exact) mass is 256 g/mol. The number of fused-ring (bicyclic) bond motifs is 2. The molecule has 0 spiro atoms. The van der Waals surface area contributed by atoms with E-state index in [9.17, 15) is 0 Å². The number of allylic oxidation sites excluding steroid dienone is 8. The fourth-order valence-electron chi connectivity index (χ4n) is 3.31. The summed E-state index contributed by atoms with van der Waals surface area (Å²) in [5, 5.41) is 2.69. The van der Waals surface area contributed by atoms with Crippen molar-refractivity contribution in [2.45, 2.75) is 5.92 Å². The predicted octanol–water partition coefficient (Wildman–Crippen LogP) is 5.16. The van der Waals surface area contributed by atoms with Gasteiger partial charge >= 0.3 is 0 Å². The van der Waals surface area contributed by atoms with Crippen LogP contribution in [0, 0.1) is 5.92 Å². The molecule has 0 heterocycles. The molecule has 0 saturated carbocycles. The Balaban J connectivity index is 1.88. The second kappa shape index (κ2) is 4.64. The summed E-state index contributed by atoms with van der Waals surface area (Å²) >= 11 is 0. The smallest absolute Gasteiger partial charge is 0.0131 e. The quantitative estimate of drug-likeness (QED) is 0.661. The molecule has 0 fully saturated rings. The average Bonchev–Trinajstić information content (AvgIpc) is 2.54. The van der Waals surface area contributed by atoms with Gasteiger partial charge in [-0.15, -0.1) is 0 Å². The highest BCUT2D eigenvalue weighted by Crippen LogP contribution is 2.40. The van der Waals surface area contributed by atoms with E-state index in [0.717, 1.165) is 0 Å². The Bertz CT molecular complexity index is 766. The third-order valence-corrected chi connectivity index (χ3v) is 4.28. The van der Waals surface area contributed by atoms with E-state index in [0.29, 0.717) is 11.8 Å². The highest BCUT2D eigenvalue weighted by molar-refractivity contribution is 5.86. The van der Waals surface area contributed by atoms with E-state index in [2.05, 4.69) is 85.0 Å². The molecule has 2 aliphatic rings. The lowest BCUT2D eigenvalue weighted by molar-refractivity contribution is 0.674. The molecule has 4 rings (SSSR count). The van der Waals surface area contributed by atoms with Crippen molar-refractivity contribution in [1.82, 2.24) is 0 Å². The van der Waals surface area contributed by atoms with Gasteiger partial charge in [-0.2, -0.15) is 0 Å². The Kier molecular flexibility index (Phi) is 2.67. The Hall–Kier alpha value is -2.34. The van der Waals surface area contributed by atoms with E-state index in [1.807, 2.05) is 0 Å². The zero-order chi connectivity index (χ0) is 13.4. The van der Waals surface area contributed by atoms with Gasteiger partial charge in [0.2, 0.25) is 0 Å². The highest BCUT2D eigenvalue weighted by atomic mass is 14.3. The van der Waals surface area contributed by atoms with Crippen LogP contribution >= 0.6 is 0 Å². The molecule has 0 bridgehead atoms. The SMILES string of the molecule is C1=CC2=CC=CC(c3cccc4ccccc34)C2C=C1. The van der Waals surface area contributed by atoms with Crippen LogP contribution in [0.3, 0.4) is 0 Å². The molecule has 0 amide bonds. The van der Waals surface area contributed by atoms with Crippen LogP contribution in [0.4, 0.5) is 0 Å². The molecular weight excluding hydrogens is 240 g/mol. The first-order valence-electron chi connectivity index (χ1n) is 7.14. The Morgan fingerprint density at radius 2 is 1.55 bits per heavy atom. The van der Waals surface area contributed by atoms with E-state index in [-0.39, 0.29) is 0 Å². The van der Waals surface area contributed by atoms with Crippen LogP contribution in [0.25, 0.3) is 10.8 Å². The first kappa shape index (κ1) is 11.5. The second-order valence-electron chi connectivity index (χ2n) is 5.42. The number of hydrogen-bond donors (Lipinski definition) is 0. The fourth-order valence-corrected chi connectivity index (χ4v) is 3.31. The van der Waals surface area contributed by atoms with Gasteiger partial charge in [0.25, 0.3) is 0 Å². The van der Waals surface area contributed by atoms with E-state index in [1.165, 1.54) is 21.9 Å². The lowest BCUT2D eigenvalue weighted by atomic mass is 9.75. The van der Waals surface area contributed by atoms with Crippen LogP contribution in [-0.4, -0.2) is 0 Å². The maximum atomic E-state index is 2.33. The second-order valence-corrected chi connectivity index (χ2v) is 5.42. The lowest BCUT2D eigenvalue weighted by Crippen LogP contribution is -2.15. The first-order valence-corrected chi connectivity index (χ1v) is 7.14. The Labute approximate surface area is 119 Å². The molecule has 2 unspecified atom stereocenters. The molecule has 2 aromatic rings. The van der Waals surface area contributed by atoms with E-state index >= 15 is 0 Å². The van der Waals surface area contributed by atoms with Gasteiger partial charge in [0.15, 0.2) is 0 Å². The van der Waals surface area contributed by atoms with Gasteiger partial charge in [-0.3, -0.25) is 0 Å². The van der Waals surface area contributed by atoms with E-state index < -0.39 is 0 Å². The molecule has 2 atom stereocenters. The summed E-state index contributed by atoms with van der Waals surface area (Å²) in [7, 11) is 0. The summed E-state index contributed by atoms with van der Waals surface area (Å²) in [6.45, 7) is 0. The summed E-state index contributed by atoms with van der Waals surface area (Å²) in [5.74, 6) is 0.901. The van der Waals surface area contributed by atoms with Crippen molar-refractivity contribution in [2.75, 3.05) is 0 Å². The zero-order valence-corrected chi connectivity index (χ0v) is 11.2. The van der Waals surface area contributed by atoms with Gasteiger partial charge in [-0.05, 0) is 21.9 Å². The molecule has 0 radical (unpaired) electrons. The Morgan fingerprint density at radius 1 is 0.700 bits per heavy atom. The van der Waals surface area contributed by atoms with Crippen molar-refractivity contribution in [3.8, 4) is 0 Å². The molecule has 0 heteroatoms. The van der Waals surface area contributed by atoms with Crippen molar-refractivity contribution < 1.29 is 0 Å². The van der Waals surface area contributed by atoms with Crippen LogP contribution in [-0.2, 0) is 0 Å². The minimum atomic E-state index is 0.433. The molecular formula is C20H16. The zero-order valence-electron chi connectivity index (χ0n) is 11.2. The summed E-state index contributed by atoms with van der Waals surface area (Å²) in [5.41, 5.74) is 2.84. The summed E-state index contributed by atoms with van der Waals surface area (Å²) in [6.07, 6.45) is 15.6. The van der Waals surface area contributed by atoms with Crippen LogP contribution < -0.4 is 0 Å². The normalized spacial score (nSPS) is 23.7. The fraction of sp³-hybridized carbons (Fsp3) is 0.100. The summed E-state index contributed by atoms with van der Waals surface area (Å²) in [4.78, 5) is 0. The first-order chi connectivity index (χ1) is 9.93. The number of hydrogen-bond acceptors (Lipinski definition) is 0. The van der Waals surface area contributed by atoms with Crippen LogP contribution in [0.1, 0.15) is 11.5 Å². The van der Waals surface area contributed by atoms with Crippen molar-refractivity contribution in [3.05, 3.63) is 96.1 Å². The van der Waals surface area contributed by atoms with Gasteiger partial charge in [-0.25, -0.2) is 0 Å². The molecule has 96 valence electrons. The molecule has 20 heavy (non-hydrogen) atoms. The van der Waals surface area contributed by atoms with Gasteiger partial charge in [0.1, 0.15) is 0 Å². The van der Waals surface area contributed by atoms with E-state index in [4.69, 9.17) is 0 Å². The van der Waals surface area contributed by atoms with E-state index in [1.54, 1.807) is 0 Å². The molecule has 0 aromatic heterocycles. The third kappa shape index (κ3) is 1.77. The third-order valence-electron chi connectivity index (χ3n) is 4.28. The lowest BCUT2D eigenvalue weighted by Gasteiger charge is -2.28. The minimum Gasteiger partial charge on any atom is -0.0761 e. The van der Waals surface area contributed by atoms with Crippen molar-refractivity contribution in [1.29, 1.82) is 0 Å². The molecule has 0 nitrogen and oxygen atoms in total. The maximum Gasteiger partial charge on any atom is 0.0131 e. The van der Waals surface area contributed by atoms with Gasteiger partial charge < -0.3 is 0 Å². The minimum absolute atomic E-state index is 0.433. The molecule has 2 aliphatic carbocycles. The average molecular weight is 256 g/mol. The summed E-state index contributed by atoms with van der Waals surface area (Å²) in [6, 6.07) is 15.3. The largest absolute Gasteiger partial charge is 0.0761 e. The maximum absolute atomic E-state index is 2.33. The summed E-state index contributed by atoms with van der Waals surface area (Å²) < 4.78 is 0. The van der Waals surface area contributed by atoms with Crippen LogP contribution in [0.15, 0.2) is 90.6 Å². The Morgan fingerprint density at radius 3 is 2.55 bits per heavy atom. The molecule has 0 saturated heterocycles.